The van der Waals surface area contributed by atoms with E-state index in [1.165, 1.54) is 30.5 Å². The summed E-state index contributed by atoms with van der Waals surface area (Å²) in [6.07, 6.45) is -3.40. The molecule has 33 heavy (non-hydrogen) atoms. The molecule has 3 rings (SSSR count). The van der Waals surface area contributed by atoms with Crippen LogP contribution in [0.2, 0.25) is 5.02 Å². The van der Waals surface area contributed by atoms with Gasteiger partial charge in [0.25, 0.3) is 10.2 Å². The van der Waals surface area contributed by atoms with Gasteiger partial charge in [0.15, 0.2) is 5.69 Å². The highest BCUT2D eigenvalue weighted by molar-refractivity contribution is 7.87. The second-order valence-electron chi connectivity index (χ2n) is 6.62. The van der Waals surface area contributed by atoms with E-state index in [1.54, 1.807) is 12.1 Å². The summed E-state index contributed by atoms with van der Waals surface area (Å²) in [7, 11) is -3.87. The second-order valence-corrected chi connectivity index (χ2v) is 8.44. The quantitative estimate of drug-likeness (QED) is 0.391. The monoisotopic (exact) mass is 503 g/mol. The van der Waals surface area contributed by atoms with E-state index in [4.69, 9.17) is 16.7 Å². The molecule has 3 aromatic rings. The molecule has 0 fully saturated rings. The summed E-state index contributed by atoms with van der Waals surface area (Å²) in [5.41, 5.74) is -0.135. The molecule has 0 atom stereocenters. The molecule has 0 aliphatic carbocycles. The van der Waals surface area contributed by atoms with Gasteiger partial charge < -0.3 is 10.6 Å². The number of alkyl halides is 3. The lowest BCUT2D eigenvalue weighted by Crippen LogP contribution is -2.30. The van der Waals surface area contributed by atoms with Crippen LogP contribution in [0.4, 0.5) is 23.7 Å². The number of amides is 2. The number of urea groups is 1. The van der Waals surface area contributed by atoms with Gasteiger partial charge in [0.05, 0.1) is 42.0 Å². The molecule has 0 aliphatic rings. The van der Waals surface area contributed by atoms with Gasteiger partial charge in [-0.15, -0.1) is 0 Å². The molecular weight excluding hydrogens is 487 g/mol. The van der Waals surface area contributed by atoms with Crippen molar-refractivity contribution in [1.82, 2.24) is 24.8 Å². The number of halogens is 4. The highest BCUT2D eigenvalue weighted by Crippen LogP contribution is 2.30. The Morgan fingerprint density at radius 2 is 1.91 bits per heavy atom. The molecule has 0 saturated carbocycles. The third-order valence-electron chi connectivity index (χ3n) is 4.09. The van der Waals surface area contributed by atoms with Crippen molar-refractivity contribution in [3.8, 4) is 5.69 Å². The summed E-state index contributed by atoms with van der Waals surface area (Å²) >= 11 is 5.93. The number of hydrogen-bond donors (Lipinski definition) is 4. The van der Waals surface area contributed by atoms with Crippen LogP contribution < -0.4 is 20.5 Å². The zero-order valence-corrected chi connectivity index (χ0v) is 18.2. The first-order valence-corrected chi connectivity index (χ1v) is 11.0. The van der Waals surface area contributed by atoms with Gasteiger partial charge >= 0.3 is 12.2 Å². The van der Waals surface area contributed by atoms with Crippen molar-refractivity contribution in [1.29, 1.82) is 0 Å². The predicted octanol–water partition coefficient (Wildman–Crippen LogP) is 2.55. The second kappa shape index (κ2) is 9.74. The van der Waals surface area contributed by atoms with Crippen molar-refractivity contribution in [3.05, 3.63) is 70.8 Å². The molecule has 2 aromatic heterocycles. The van der Waals surface area contributed by atoms with Crippen LogP contribution in [0, 0.1) is 0 Å². The highest BCUT2D eigenvalue weighted by Gasteiger charge is 2.35. The molecule has 2 amide bonds. The van der Waals surface area contributed by atoms with Crippen molar-refractivity contribution < 1.29 is 26.4 Å². The van der Waals surface area contributed by atoms with Gasteiger partial charge in [-0.2, -0.15) is 31.4 Å². The number of benzene rings is 1. The smallest absolute Gasteiger partial charge is 0.332 e. The van der Waals surface area contributed by atoms with Crippen LogP contribution in [0.15, 0.2) is 48.7 Å². The normalized spacial score (nSPS) is 11.9. The fourth-order valence-electron chi connectivity index (χ4n) is 2.64. The van der Waals surface area contributed by atoms with E-state index in [0.717, 1.165) is 10.7 Å². The first-order valence-electron chi connectivity index (χ1n) is 9.10. The molecule has 15 heteroatoms. The first kappa shape index (κ1) is 24.4. The molecule has 0 bridgehead atoms. The Hall–Kier alpha value is -3.20. The van der Waals surface area contributed by atoms with Gasteiger partial charge in [-0.05, 0) is 36.4 Å². The van der Waals surface area contributed by atoms with Gasteiger partial charge in [0.1, 0.15) is 0 Å². The molecule has 0 radical (unpaired) electrons. The summed E-state index contributed by atoms with van der Waals surface area (Å²) < 4.78 is 64.4. The Balaban J connectivity index is 1.68. The standard InChI is InChI=1S/C18H17ClF3N7O3S/c19-11-2-1-3-14(6-11)29-15(7-16(28-29)18(20,21)22)10-25-17(30)27-13-5-4-12(24-8-13)9-26-33(23,31)32/h1-8,26H,9-10H2,(H2,23,31,32)(H2,25,27,30). The topological polar surface area (TPSA) is 144 Å². The molecule has 176 valence electrons. The largest absolute Gasteiger partial charge is 0.435 e. The predicted molar refractivity (Wildman–Crippen MR) is 114 cm³/mol. The molecule has 0 aliphatic heterocycles. The van der Waals surface area contributed by atoms with E-state index in [-0.39, 0.29) is 24.5 Å². The molecule has 0 spiro atoms. The fourth-order valence-corrected chi connectivity index (χ4v) is 3.17. The average molecular weight is 504 g/mol. The Bertz CT molecular complexity index is 1250. The van der Waals surface area contributed by atoms with Gasteiger partial charge in [-0.25, -0.2) is 14.6 Å². The number of anilines is 1. The summed E-state index contributed by atoms with van der Waals surface area (Å²) in [6.45, 7) is -0.411. The van der Waals surface area contributed by atoms with Crippen LogP contribution in [0.1, 0.15) is 17.1 Å². The lowest BCUT2D eigenvalue weighted by molar-refractivity contribution is -0.141. The Morgan fingerprint density at radius 1 is 1.15 bits per heavy atom. The molecule has 10 nitrogen and oxygen atoms in total. The number of rotatable bonds is 7. The summed E-state index contributed by atoms with van der Waals surface area (Å²) in [5, 5.41) is 13.7. The lowest BCUT2D eigenvalue weighted by atomic mass is 10.3. The Kier molecular flexibility index (Phi) is 7.22. The highest BCUT2D eigenvalue weighted by atomic mass is 35.5. The zero-order chi connectivity index (χ0) is 24.2. The van der Waals surface area contributed by atoms with E-state index >= 15 is 0 Å². The van der Waals surface area contributed by atoms with E-state index in [9.17, 15) is 26.4 Å². The lowest BCUT2D eigenvalue weighted by Gasteiger charge is -2.10. The number of carbonyl (C=O) groups is 1. The zero-order valence-electron chi connectivity index (χ0n) is 16.6. The van der Waals surface area contributed by atoms with Crippen molar-refractivity contribution in [3.63, 3.8) is 0 Å². The van der Waals surface area contributed by atoms with Crippen LogP contribution in [-0.2, 0) is 29.5 Å². The minimum absolute atomic E-state index is 0.0716. The van der Waals surface area contributed by atoms with Crippen molar-refractivity contribution >= 4 is 33.5 Å². The van der Waals surface area contributed by atoms with Crippen molar-refractivity contribution in [2.24, 2.45) is 5.14 Å². The summed E-state index contributed by atoms with van der Waals surface area (Å²) in [5.74, 6) is 0. The van der Waals surface area contributed by atoms with Crippen LogP contribution in [0.25, 0.3) is 5.69 Å². The maximum Gasteiger partial charge on any atom is 0.435 e. The van der Waals surface area contributed by atoms with Crippen molar-refractivity contribution in [2.45, 2.75) is 19.3 Å². The number of carbonyl (C=O) groups excluding carboxylic acids is 1. The third kappa shape index (κ3) is 7.15. The van der Waals surface area contributed by atoms with Gasteiger partial charge in [0.2, 0.25) is 0 Å². The average Bonchev–Trinajstić information content (AvgIpc) is 3.16. The first-order chi connectivity index (χ1) is 15.4. The number of nitrogens with zero attached hydrogens (tertiary/aromatic N) is 3. The number of nitrogens with two attached hydrogens (primary N) is 1. The SMILES string of the molecule is NS(=O)(=O)NCc1ccc(NC(=O)NCc2cc(C(F)(F)F)nn2-c2cccc(Cl)c2)cn1. The van der Waals surface area contributed by atoms with Gasteiger partial charge in [-0.1, -0.05) is 17.7 Å². The molecule has 0 unspecified atom stereocenters. The Morgan fingerprint density at radius 3 is 2.52 bits per heavy atom. The molecule has 0 saturated heterocycles. The molecule has 2 heterocycles. The summed E-state index contributed by atoms with van der Waals surface area (Å²) in [6, 6.07) is 9.13. The number of nitrogens with one attached hydrogen (secondary N) is 3. The van der Waals surface area contributed by atoms with Crippen molar-refractivity contribution in [2.75, 3.05) is 5.32 Å². The Labute approximate surface area is 191 Å². The number of aromatic nitrogens is 3. The van der Waals surface area contributed by atoms with E-state index in [0.29, 0.717) is 16.4 Å². The fraction of sp³-hybridized carbons (Fsp3) is 0.167. The van der Waals surface area contributed by atoms with E-state index < -0.39 is 28.1 Å². The molecule has 5 N–H and O–H groups in total. The number of hydrogen-bond acceptors (Lipinski definition) is 5. The maximum atomic E-state index is 13.2. The third-order valence-corrected chi connectivity index (χ3v) is 4.88. The van der Waals surface area contributed by atoms with E-state index in [2.05, 4.69) is 25.4 Å². The van der Waals surface area contributed by atoms with Crippen LogP contribution in [0.5, 0.6) is 0 Å². The minimum atomic E-state index is -4.67. The minimum Gasteiger partial charge on any atom is -0.332 e. The van der Waals surface area contributed by atoms with Crippen LogP contribution >= 0.6 is 11.6 Å². The van der Waals surface area contributed by atoms with Crippen LogP contribution in [-0.4, -0.2) is 29.2 Å². The molecular formula is C18H17ClF3N7O3S. The maximum absolute atomic E-state index is 13.2. The summed E-state index contributed by atoms with van der Waals surface area (Å²) in [4.78, 5) is 16.2. The van der Waals surface area contributed by atoms with Gasteiger partial charge in [0, 0.05) is 5.02 Å². The molecule has 1 aromatic carbocycles. The van der Waals surface area contributed by atoms with Crippen LogP contribution in [0.3, 0.4) is 0 Å². The van der Waals surface area contributed by atoms with Gasteiger partial charge in [-0.3, -0.25) is 4.98 Å². The number of pyridine rings is 1. The van der Waals surface area contributed by atoms with E-state index in [1.807, 2.05) is 0 Å².